The Morgan fingerprint density at radius 3 is 2.59 bits per heavy atom. The molecule has 0 N–H and O–H groups in total. The van der Waals surface area contributed by atoms with Crippen molar-refractivity contribution in [3.8, 4) is 0 Å². The molecule has 4 rings (SSSR count). The van der Waals surface area contributed by atoms with Gasteiger partial charge < -0.3 is 0 Å². The van der Waals surface area contributed by atoms with Crippen LogP contribution in [-0.4, -0.2) is 19.4 Å². The van der Waals surface area contributed by atoms with Crippen LogP contribution >= 0.6 is 0 Å². The summed E-state index contributed by atoms with van der Waals surface area (Å²) in [7, 11) is 0. The zero-order chi connectivity index (χ0) is 11.2. The van der Waals surface area contributed by atoms with Gasteiger partial charge in [0.2, 0.25) is 0 Å². The second-order valence-corrected chi connectivity index (χ2v) is 3.82. The standard InChI is InChI=1S/C13H7N4/c1-2-6-10-9(5-1)14-12-13(15-10)17-8-4-3-7-11(17)16-12/h1-7H. The molecule has 4 nitrogen and oxygen atoms in total. The lowest BCUT2D eigenvalue weighted by atomic mass is 10.3. The Morgan fingerprint density at radius 1 is 0.882 bits per heavy atom. The van der Waals surface area contributed by atoms with Gasteiger partial charge in [-0.15, -0.1) is 0 Å². The third kappa shape index (κ3) is 1.15. The summed E-state index contributed by atoms with van der Waals surface area (Å²) in [5.41, 5.74) is 3.96. The van der Waals surface area contributed by atoms with E-state index in [2.05, 4.69) is 21.1 Å². The molecular weight excluding hydrogens is 212 g/mol. The number of fused-ring (bicyclic) bond motifs is 4. The average Bonchev–Trinajstić information content (AvgIpc) is 2.73. The van der Waals surface area contributed by atoms with E-state index in [-0.39, 0.29) is 0 Å². The molecule has 3 heterocycles. The zero-order valence-electron chi connectivity index (χ0n) is 8.83. The van der Waals surface area contributed by atoms with Crippen LogP contribution in [0.15, 0.2) is 42.5 Å². The lowest BCUT2D eigenvalue weighted by Gasteiger charge is -1.96. The van der Waals surface area contributed by atoms with Gasteiger partial charge in [-0.3, -0.25) is 4.40 Å². The fraction of sp³-hybridized carbons (Fsp3) is 0. The van der Waals surface area contributed by atoms with Gasteiger partial charge >= 0.3 is 0 Å². The van der Waals surface area contributed by atoms with E-state index in [4.69, 9.17) is 0 Å². The first-order valence-electron chi connectivity index (χ1n) is 5.33. The van der Waals surface area contributed by atoms with Crippen LogP contribution in [-0.2, 0) is 0 Å². The highest BCUT2D eigenvalue weighted by atomic mass is 15.1. The van der Waals surface area contributed by atoms with Crippen LogP contribution < -0.4 is 0 Å². The second kappa shape index (κ2) is 3.01. The Labute approximate surface area is 96.6 Å². The Morgan fingerprint density at radius 2 is 1.71 bits per heavy atom. The van der Waals surface area contributed by atoms with Crippen molar-refractivity contribution in [1.82, 2.24) is 19.4 Å². The van der Waals surface area contributed by atoms with Crippen molar-refractivity contribution >= 4 is 28.0 Å². The SMILES string of the molecule is [c]1cccc2nc3nc4ccccc4nc3n12. The molecule has 0 saturated heterocycles. The van der Waals surface area contributed by atoms with E-state index in [0.717, 1.165) is 22.3 Å². The van der Waals surface area contributed by atoms with Crippen molar-refractivity contribution in [3.05, 3.63) is 48.7 Å². The van der Waals surface area contributed by atoms with E-state index in [1.165, 1.54) is 0 Å². The van der Waals surface area contributed by atoms with Gasteiger partial charge in [0.1, 0.15) is 5.65 Å². The first-order valence-corrected chi connectivity index (χ1v) is 5.33. The van der Waals surface area contributed by atoms with Gasteiger partial charge in [0.25, 0.3) is 0 Å². The minimum absolute atomic E-state index is 0.658. The molecule has 0 aliphatic carbocycles. The first kappa shape index (κ1) is 8.64. The molecule has 17 heavy (non-hydrogen) atoms. The maximum absolute atomic E-state index is 4.57. The number of benzene rings is 1. The Balaban J connectivity index is 2.28. The zero-order valence-corrected chi connectivity index (χ0v) is 8.83. The molecule has 4 aromatic rings. The van der Waals surface area contributed by atoms with E-state index >= 15 is 0 Å². The smallest absolute Gasteiger partial charge is 0.199 e. The van der Waals surface area contributed by atoms with Gasteiger partial charge in [-0.25, -0.2) is 15.0 Å². The lowest BCUT2D eigenvalue weighted by molar-refractivity contribution is 1.18. The Hall–Kier alpha value is -2.49. The second-order valence-electron chi connectivity index (χ2n) is 3.82. The van der Waals surface area contributed by atoms with Crippen LogP contribution in [0.5, 0.6) is 0 Å². The molecule has 79 valence electrons. The van der Waals surface area contributed by atoms with Gasteiger partial charge in [-0.1, -0.05) is 18.2 Å². The minimum Gasteiger partial charge on any atom is -0.274 e. The van der Waals surface area contributed by atoms with Gasteiger partial charge in [0.15, 0.2) is 11.3 Å². The fourth-order valence-corrected chi connectivity index (χ4v) is 1.96. The van der Waals surface area contributed by atoms with Crippen LogP contribution in [0.25, 0.3) is 28.0 Å². The lowest BCUT2D eigenvalue weighted by Crippen LogP contribution is -1.89. The molecule has 0 bridgehead atoms. The monoisotopic (exact) mass is 219 g/mol. The molecule has 3 aromatic heterocycles. The van der Waals surface area contributed by atoms with E-state index in [1.807, 2.05) is 46.9 Å². The number of nitrogens with zero attached hydrogens (tertiary/aromatic N) is 4. The summed E-state index contributed by atoms with van der Waals surface area (Å²) in [5.74, 6) is 0. The highest BCUT2D eigenvalue weighted by Crippen LogP contribution is 2.16. The summed E-state index contributed by atoms with van der Waals surface area (Å²) in [6, 6.07) is 13.5. The maximum atomic E-state index is 4.57. The summed E-state index contributed by atoms with van der Waals surface area (Å²) in [4.78, 5) is 13.5. The number of hydrogen-bond acceptors (Lipinski definition) is 3. The molecule has 0 aliphatic rings. The molecular formula is C13H7N4. The van der Waals surface area contributed by atoms with Crippen molar-refractivity contribution in [1.29, 1.82) is 0 Å². The molecule has 0 atom stereocenters. The van der Waals surface area contributed by atoms with E-state index in [1.54, 1.807) is 0 Å². The van der Waals surface area contributed by atoms with Gasteiger partial charge in [-0.2, -0.15) is 0 Å². The number of rotatable bonds is 0. The summed E-state index contributed by atoms with van der Waals surface area (Å²) in [6.45, 7) is 0. The summed E-state index contributed by atoms with van der Waals surface area (Å²) >= 11 is 0. The van der Waals surface area contributed by atoms with Crippen molar-refractivity contribution in [2.45, 2.75) is 0 Å². The molecule has 0 spiro atoms. The topological polar surface area (TPSA) is 43.1 Å². The van der Waals surface area contributed by atoms with Crippen LogP contribution in [0.3, 0.4) is 0 Å². The number of pyridine rings is 1. The summed E-state index contributed by atoms with van der Waals surface area (Å²) in [6.07, 6.45) is 3.09. The number of imidazole rings is 1. The maximum Gasteiger partial charge on any atom is 0.199 e. The van der Waals surface area contributed by atoms with Gasteiger partial charge in [0.05, 0.1) is 17.2 Å². The number of hydrogen-bond donors (Lipinski definition) is 0. The number of aromatic nitrogens is 4. The quantitative estimate of drug-likeness (QED) is 0.455. The molecule has 0 fully saturated rings. The van der Waals surface area contributed by atoms with Gasteiger partial charge in [-0.05, 0) is 24.3 Å². The first-order chi connectivity index (χ1) is 8.42. The van der Waals surface area contributed by atoms with Crippen LogP contribution in [0.2, 0.25) is 0 Å². The van der Waals surface area contributed by atoms with E-state index < -0.39 is 0 Å². The van der Waals surface area contributed by atoms with E-state index in [0.29, 0.717) is 5.65 Å². The molecule has 0 amide bonds. The van der Waals surface area contributed by atoms with Crippen LogP contribution in [0, 0.1) is 6.20 Å². The third-order valence-corrected chi connectivity index (χ3v) is 2.74. The molecule has 4 heteroatoms. The predicted octanol–water partition coefficient (Wildman–Crippen LogP) is 2.23. The van der Waals surface area contributed by atoms with Crippen molar-refractivity contribution in [3.63, 3.8) is 0 Å². The molecule has 0 aliphatic heterocycles. The molecule has 0 unspecified atom stereocenters. The summed E-state index contributed by atoms with van der Waals surface area (Å²) in [5, 5.41) is 0. The Bertz CT molecular complexity index is 842. The predicted molar refractivity (Wildman–Crippen MR) is 64.6 cm³/mol. The van der Waals surface area contributed by atoms with Crippen molar-refractivity contribution in [2.75, 3.05) is 0 Å². The minimum atomic E-state index is 0.658. The highest BCUT2D eigenvalue weighted by Gasteiger charge is 2.07. The summed E-state index contributed by atoms with van der Waals surface area (Å²) < 4.78 is 1.83. The number of para-hydroxylation sites is 2. The normalized spacial score (nSPS) is 11.5. The molecule has 1 radical (unpaired) electrons. The van der Waals surface area contributed by atoms with Crippen LogP contribution in [0.4, 0.5) is 0 Å². The van der Waals surface area contributed by atoms with Crippen molar-refractivity contribution in [2.24, 2.45) is 0 Å². The van der Waals surface area contributed by atoms with Gasteiger partial charge in [0, 0.05) is 0 Å². The largest absolute Gasteiger partial charge is 0.274 e. The molecule has 1 aromatic carbocycles. The van der Waals surface area contributed by atoms with Crippen molar-refractivity contribution < 1.29 is 0 Å². The molecule has 0 saturated carbocycles. The third-order valence-electron chi connectivity index (χ3n) is 2.74. The van der Waals surface area contributed by atoms with E-state index in [9.17, 15) is 0 Å². The van der Waals surface area contributed by atoms with Crippen LogP contribution in [0.1, 0.15) is 0 Å². The average molecular weight is 219 g/mol. The Kier molecular flexibility index (Phi) is 1.53. The fourth-order valence-electron chi connectivity index (χ4n) is 1.96. The highest BCUT2D eigenvalue weighted by molar-refractivity contribution is 5.84.